The lowest BCUT2D eigenvalue weighted by molar-refractivity contribution is 0.00752. The van der Waals surface area contributed by atoms with Gasteiger partial charge in [-0.1, -0.05) is 19.9 Å². The number of guanidine groups is 1. The summed E-state index contributed by atoms with van der Waals surface area (Å²) in [5.41, 5.74) is 1.51. The van der Waals surface area contributed by atoms with E-state index in [1.807, 2.05) is 17.0 Å². The molecule has 8 heteroatoms. The fourth-order valence-electron chi connectivity index (χ4n) is 4.12. The van der Waals surface area contributed by atoms with Gasteiger partial charge in [0.25, 0.3) is 0 Å². The Kier molecular flexibility index (Phi) is 9.36. The number of halogens is 1. The second-order valence-corrected chi connectivity index (χ2v) is 8.42. The summed E-state index contributed by atoms with van der Waals surface area (Å²) < 4.78 is 25.5. The lowest BCUT2D eigenvalue weighted by atomic mass is 10.0. The first-order chi connectivity index (χ1) is 15.1. The molecule has 1 aromatic rings. The van der Waals surface area contributed by atoms with Gasteiger partial charge in [-0.3, -0.25) is 4.90 Å². The fraction of sp³-hybridized carbons (Fsp3) is 0.696. The molecule has 0 aromatic heterocycles. The fourth-order valence-corrected chi connectivity index (χ4v) is 4.12. The highest BCUT2D eigenvalue weighted by Crippen LogP contribution is 2.22. The molecule has 0 amide bonds. The quantitative estimate of drug-likeness (QED) is 0.482. The maximum Gasteiger partial charge on any atom is 0.191 e. The lowest BCUT2D eigenvalue weighted by Crippen LogP contribution is -2.52. The van der Waals surface area contributed by atoms with Crippen LogP contribution >= 0.6 is 0 Å². The highest BCUT2D eigenvalue weighted by molar-refractivity contribution is 5.79. The van der Waals surface area contributed by atoms with Crippen LogP contribution in [0.1, 0.15) is 26.3 Å². The minimum atomic E-state index is -0.195. The van der Waals surface area contributed by atoms with Gasteiger partial charge in [0, 0.05) is 45.3 Å². The lowest BCUT2D eigenvalue weighted by Gasteiger charge is -2.37. The molecule has 0 spiro atoms. The number of hydrogen-bond donors (Lipinski definition) is 2. The molecular formula is C23H38FN5O2. The number of nitrogens with one attached hydrogen (secondary N) is 2. The van der Waals surface area contributed by atoms with Crippen LogP contribution in [0.5, 0.6) is 0 Å². The number of rotatable bonds is 8. The first-order valence-electron chi connectivity index (χ1n) is 11.5. The molecule has 2 aliphatic heterocycles. The maximum atomic E-state index is 14.7. The van der Waals surface area contributed by atoms with Gasteiger partial charge in [0.1, 0.15) is 5.82 Å². The van der Waals surface area contributed by atoms with Crippen LogP contribution in [0.3, 0.4) is 0 Å². The molecule has 2 N–H and O–H groups in total. The van der Waals surface area contributed by atoms with E-state index in [1.54, 1.807) is 6.07 Å². The zero-order valence-corrected chi connectivity index (χ0v) is 19.2. The van der Waals surface area contributed by atoms with Gasteiger partial charge in [-0.05, 0) is 30.5 Å². The Labute approximate surface area is 186 Å². The van der Waals surface area contributed by atoms with E-state index < -0.39 is 0 Å². The third-order valence-corrected chi connectivity index (χ3v) is 5.89. The molecule has 2 aliphatic rings. The summed E-state index contributed by atoms with van der Waals surface area (Å²) in [6, 6.07) is 5.84. The molecule has 31 heavy (non-hydrogen) atoms. The van der Waals surface area contributed by atoms with Crippen LogP contribution in [0.25, 0.3) is 0 Å². The summed E-state index contributed by atoms with van der Waals surface area (Å²) in [6.45, 7) is 14.8. The van der Waals surface area contributed by atoms with Crippen LogP contribution in [-0.4, -0.2) is 82.6 Å². The summed E-state index contributed by atoms with van der Waals surface area (Å²) in [5.74, 6) is 1.09. The van der Waals surface area contributed by atoms with Crippen molar-refractivity contribution in [2.75, 3.05) is 70.6 Å². The zero-order valence-electron chi connectivity index (χ0n) is 19.2. The molecule has 2 heterocycles. The van der Waals surface area contributed by atoms with Crippen molar-refractivity contribution in [1.82, 2.24) is 15.5 Å². The Morgan fingerprint density at radius 3 is 2.35 bits per heavy atom. The van der Waals surface area contributed by atoms with Gasteiger partial charge in [0.05, 0.1) is 38.7 Å². The second-order valence-electron chi connectivity index (χ2n) is 8.42. The van der Waals surface area contributed by atoms with E-state index in [0.717, 1.165) is 64.0 Å². The van der Waals surface area contributed by atoms with Gasteiger partial charge in [0.15, 0.2) is 5.96 Å². The molecule has 2 fully saturated rings. The van der Waals surface area contributed by atoms with Gasteiger partial charge in [0.2, 0.25) is 0 Å². The first-order valence-corrected chi connectivity index (χ1v) is 11.5. The van der Waals surface area contributed by atoms with Gasteiger partial charge in [-0.25, -0.2) is 9.38 Å². The number of benzene rings is 1. The van der Waals surface area contributed by atoms with Crippen molar-refractivity contribution in [2.45, 2.75) is 33.4 Å². The van der Waals surface area contributed by atoms with Crippen molar-refractivity contribution < 1.29 is 13.9 Å². The summed E-state index contributed by atoms with van der Waals surface area (Å²) in [4.78, 5) is 9.22. The van der Waals surface area contributed by atoms with Crippen molar-refractivity contribution in [1.29, 1.82) is 0 Å². The van der Waals surface area contributed by atoms with Gasteiger partial charge >= 0.3 is 0 Å². The Balaban J connectivity index is 1.60. The van der Waals surface area contributed by atoms with Gasteiger partial charge in [-0.15, -0.1) is 0 Å². The van der Waals surface area contributed by atoms with E-state index >= 15 is 0 Å². The molecule has 2 saturated heterocycles. The van der Waals surface area contributed by atoms with E-state index in [-0.39, 0.29) is 5.82 Å². The molecule has 0 bridgehead atoms. The topological polar surface area (TPSA) is 61.4 Å². The summed E-state index contributed by atoms with van der Waals surface area (Å²) >= 11 is 0. The Bertz CT molecular complexity index is 703. The standard InChI is InChI=1S/C23H38FN5O2/c1-4-25-23(27-17-22(18(2)3)29-9-13-31-14-10-29)26-16-19-5-6-21(20(24)15-19)28-7-11-30-12-8-28/h5-6,15,18,22H,4,7-14,16-17H2,1-3H3,(H2,25,26,27). The second kappa shape index (κ2) is 12.2. The number of morpholine rings is 2. The molecule has 1 aromatic carbocycles. The first kappa shape index (κ1) is 23.8. The Morgan fingerprint density at radius 2 is 1.74 bits per heavy atom. The zero-order chi connectivity index (χ0) is 22.1. The summed E-state index contributed by atoms with van der Waals surface area (Å²) in [6.07, 6.45) is 0. The van der Waals surface area contributed by atoms with Crippen molar-refractivity contribution in [2.24, 2.45) is 10.9 Å². The molecule has 1 atom stereocenters. The number of nitrogens with zero attached hydrogens (tertiary/aromatic N) is 3. The van der Waals surface area contributed by atoms with Crippen LogP contribution in [0.4, 0.5) is 10.1 Å². The predicted octanol–water partition coefficient (Wildman–Crippen LogP) is 2.07. The van der Waals surface area contributed by atoms with E-state index in [0.29, 0.717) is 37.4 Å². The molecule has 0 saturated carbocycles. The van der Waals surface area contributed by atoms with Crippen molar-refractivity contribution in [3.63, 3.8) is 0 Å². The highest BCUT2D eigenvalue weighted by atomic mass is 19.1. The molecule has 1 unspecified atom stereocenters. The average Bonchev–Trinajstić information content (AvgIpc) is 2.78. The van der Waals surface area contributed by atoms with Crippen LogP contribution in [0, 0.1) is 11.7 Å². The van der Waals surface area contributed by atoms with Gasteiger partial charge < -0.3 is 25.0 Å². The van der Waals surface area contributed by atoms with E-state index in [2.05, 4.69) is 36.3 Å². The summed E-state index contributed by atoms with van der Waals surface area (Å²) in [5, 5.41) is 6.80. The number of anilines is 1. The molecule has 3 rings (SSSR count). The largest absolute Gasteiger partial charge is 0.379 e. The molecule has 0 radical (unpaired) electrons. The smallest absolute Gasteiger partial charge is 0.191 e. The van der Waals surface area contributed by atoms with Crippen LogP contribution < -0.4 is 15.5 Å². The number of ether oxygens (including phenoxy) is 2. The average molecular weight is 436 g/mol. The Morgan fingerprint density at radius 1 is 1.06 bits per heavy atom. The highest BCUT2D eigenvalue weighted by Gasteiger charge is 2.24. The molecule has 174 valence electrons. The van der Waals surface area contributed by atoms with Crippen LogP contribution in [0.15, 0.2) is 23.2 Å². The Hall–Kier alpha value is -1.90. The number of aliphatic imine (C=N–C) groups is 1. The van der Waals surface area contributed by atoms with E-state index in [1.165, 1.54) is 0 Å². The minimum Gasteiger partial charge on any atom is -0.379 e. The van der Waals surface area contributed by atoms with Crippen LogP contribution in [0.2, 0.25) is 0 Å². The van der Waals surface area contributed by atoms with Gasteiger partial charge in [-0.2, -0.15) is 0 Å². The van der Waals surface area contributed by atoms with E-state index in [9.17, 15) is 4.39 Å². The maximum absolute atomic E-state index is 14.7. The molecule has 0 aliphatic carbocycles. The predicted molar refractivity (Wildman–Crippen MR) is 123 cm³/mol. The van der Waals surface area contributed by atoms with Crippen molar-refractivity contribution >= 4 is 11.6 Å². The molecular weight excluding hydrogens is 397 g/mol. The van der Waals surface area contributed by atoms with Crippen molar-refractivity contribution in [3.8, 4) is 0 Å². The third-order valence-electron chi connectivity index (χ3n) is 5.89. The normalized spacial score (nSPS) is 19.5. The van der Waals surface area contributed by atoms with E-state index in [4.69, 9.17) is 14.5 Å². The molecule has 7 nitrogen and oxygen atoms in total. The third kappa shape index (κ3) is 7.05. The summed E-state index contributed by atoms with van der Waals surface area (Å²) in [7, 11) is 0. The monoisotopic (exact) mass is 435 g/mol. The van der Waals surface area contributed by atoms with Crippen molar-refractivity contribution in [3.05, 3.63) is 29.6 Å². The number of hydrogen-bond acceptors (Lipinski definition) is 5. The van der Waals surface area contributed by atoms with Crippen LogP contribution in [-0.2, 0) is 16.0 Å². The SMILES string of the molecule is CCNC(=NCc1ccc(N2CCOCC2)c(F)c1)NCC(C(C)C)N1CCOCC1. The minimum absolute atomic E-state index is 0.195.